The molecule has 0 fully saturated rings. The monoisotopic (exact) mass is 532 g/mol. The zero-order valence-corrected chi connectivity index (χ0v) is 21.2. The van der Waals surface area contributed by atoms with E-state index in [1.807, 2.05) is 18.8 Å². The van der Waals surface area contributed by atoms with Gasteiger partial charge in [-0.1, -0.05) is 0 Å². The first-order valence-corrected chi connectivity index (χ1v) is 12.1. The molecular formula is C15H31ClCrN3O6S3. The first-order chi connectivity index (χ1) is 12.5. The third-order valence-corrected chi connectivity index (χ3v) is 4.74. The van der Waals surface area contributed by atoms with Crippen molar-refractivity contribution in [1.82, 2.24) is 0 Å². The fourth-order valence-corrected chi connectivity index (χ4v) is 2.56. The third kappa shape index (κ3) is 33.0. The van der Waals surface area contributed by atoms with Crippen LogP contribution in [-0.2, 0) is 31.7 Å². The molecule has 0 saturated carbocycles. The molecule has 173 valence electrons. The maximum absolute atomic E-state index is 9.96. The molecule has 14 heteroatoms. The van der Waals surface area contributed by atoms with E-state index in [2.05, 4.69) is 0 Å². The summed E-state index contributed by atoms with van der Waals surface area (Å²) in [5.74, 6) is -1.17. The first-order valence-electron chi connectivity index (χ1n) is 7.91. The van der Waals surface area contributed by atoms with Crippen molar-refractivity contribution < 1.29 is 47.1 Å². The Morgan fingerprint density at radius 2 is 0.828 bits per heavy atom. The van der Waals surface area contributed by atoms with Gasteiger partial charge in [0.25, 0.3) is 0 Å². The van der Waals surface area contributed by atoms with Gasteiger partial charge in [0.2, 0.25) is 0 Å². The Labute approximate surface area is 202 Å². The van der Waals surface area contributed by atoms with Gasteiger partial charge >= 0.3 is 17.4 Å². The van der Waals surface area contributed by atoms with Gasteiger partial charge in [0, 0.05) is 18.1 Å². The molecule has 0 unspecified atom stereocenters. The molecule has 29 heavy (non-hydrogen) atoms. The maximum Gasteiger partial charge on any atom is 3.00 e. The minimum absolute atomic E-state index is 0. The van der Waals surface area contributed by atoms with Crippen molar-refractivity contribution in [2.45, 2.75) is 37.4 Å². The topological polar surface area (TPSA) is 198 Å². The zero-order valence-electron chi connectivity index (χ0n) is 16.7. The Morgan fingerprint density at radius 3 is 0.931 bits per heavy atom. The van der Waals surface area contributed by atoms with Crippen molar-refractivity contribution in [3.63, 3.8) is 0 Å². The van der Waals surface area contributed by atoms with Crippen LogP contribution >= 0.6 is 47.7 Å². The molecule has 9 nitrogen and oxygen atoms in total. The van der Waals surface area contributed by atoms with Crippen molar-refractivity contribution in [3.05, 3.63) is 0 Å². The summed E-state index contributed by atoms with van der Waals surface area (Å²) in [5.41, 5.74) is 15.4. The average Bonchev–Trinajstić information content (AvgIpc) is 2.62. The molecule has 0 amide bonds. The Kier molecular flexibility index (Phi) is 38.5. The van der Waals surface area contributed by atoms with E-state index < -0.39 is 36.0 Å². The molecular weight excluding hydrogens is 502 g/mol. The number of carboxylic acid groups (broad SMARTS) is 3. The SMILES string of the molecule is CSCC[C@H](N)C(=O)[O-].CSCC[C@H](N)C(=O)[O-].CSCC[C@H](N)C(=O)[O-].Cl.[Cr+3]. The summed E-state index contributed by atoms with van der Waals surface area (Å²) in [7, 11) is 0. The summed E-state index contributed by atoms with van der Waals surface area (Å²) in [5, 5.41) is 29.9. The average molecular weight is 533 g/mol. The van der Waals surface area contributed by atoms with Crippen LogP contribution in [0.1, 0.15) is 19.3 Å². The third-order valence-electron chi connectivity index (χ3n) is 2.81. The van der Waals surface area contributed by atoms with E-state index in [4.69, 9.17) is 17.2 Å². The Balaban J connectivity index is -0.0000000960. The fourth-order valence-electron chi connectivity index (χ4n) is 1.09. The van der Waals surface area contributed by atoms with E-state index in [1.54, 1.807) is 35.3 Å². The van der Waals surface area contributed by atoms with E-state index in [0.29, 0.717) is 19.3 Å². The van der Waals surface area contributed by atoms with Crippen molar-refractivity contribution >= 4 is 65.6 Å². The second-order valence-corrected chi connectivity index (χ2v) is 8.08. The second kappa shape index (κ2) is 28.2. The summed E-state index contributed by atoms with van der Waals surface area (Å²) in [6.07, 6.45) is 7.18. The Bertz CT molecular complexity index is 360. The Hall–Kier alpha value is 0.162. The molecule has 0 saturated heterocycles. The summed E-state index contributed by atoms with van der Waals surface area (Å²) in [6, 6.07) is -2.38. The number of carboxylic acids is 3. The van der Waals surface area contributed by atoms with E-state index >= 15 is 0 Å². The van der Waals surface area contributed by atoms with Crippen molar-refractivity contribution in [1.29, 1.82) is 0 Å². The largest absolute Gasteiger partial charge is 3.00 e. The van der Waals surface area contributed by atoms with Crippen LogP contribution in [0.4, 0.5) is 0 Å². The molecule has 0 heterocycles. The molecule has 0 spiro atoms. The number of aliphatic carboxylic acids is 3. The van der Waals surface area contributed by atoms with Crippen LogP contribution in [0.5, 0.6) is 0 Å². The predicted octanol–water partition coefficient (Wildman–Crippen LogP) is -3.13. The van der Waals surface area contributed by atoms with Crippen LogP contribution in [0.2, 0.25) is 0 Å². The van der Waals surface area contributed by atoms with Crippen molar-refractivity contribution in [2.24, 2.45) is 17.2 Å². The number of halogens is 1. The molecule has 0 aromatic heterocycles. The van der Waals surface area contributed by atoms with E-state index in [0.717, 1.165) is 17.3 Å². The minimum atomic E-state index is -1.16. The van der Waals surface area contributed by atoms with Crippen LogP contribution in [0.3, 0.4) is 0 Å². The molecule has 6 N–H and O–H groups in total. The number of rotatable bonds is 12. The molecule has 0 rings (SSSR count). The van der Waals surface area contributed by atoms with Gasteiger partial charge in [-0.15, -0.1) is 12.4 Å². The molecule has 1 radical (unpaired) electrons. The summed E-state index contributed by atoms with van der Waals surface area (Å²) >= 11 is 4.73. The number of thioether (sulfide) groups is 3. The van der Waals surface area contributed by atoms with Gasteiger partial charge in [-0.25, -0.2) is 0 Å². The van der Waals surface area contributed by atoms with Crippen molar-refractivity contribution in [2.75, 3.05) is 36.0 Å². The van der Waals surface area contributed by atoms with E-state index in [9.17, 15) is 29.7 Å². The number of nitrogens with two attached hydrogens (primary N) is 3. The van der Waals surface area contributed by atoms with Crippen LogP contribution in [-0.4, -0.2) is 72.1 Å². The minimum Gasteiger partial charge on any atom is -0.548 e. The van der Waals surface area contributed by atoms with Crippen LogP contribution in [0.15, 0.2) is 0 Å². The van der Waals surface area contributed by atoms with Gasteiger partial charge in [0.05, 0.1) is 17.9 Å². The Morgan fingerprint density at radius 1 is 0.655 bits per heavy atom. The van der Waals surface area contributed by atoms with Gasteiger partial charge in [-0.2, -0.15) is 35.3 Å². The van der Waals surface area contributed by atoms with Crippen molar-refractivity contribution in [3.8, 4) is 0 Å². The molecule has 0 aromatic carbocycles. The number of carbonyl (C=O) groups excluding carboxylic acids is 3. The van der Waals surface area contributed by atoms with Crippen LogP contribution in [0, 0.1) is 0 Å². The quantitative estimate of drug-likeness (QED) is 0.228. The van der Waals surface area contributed by atoms with Gasteiger partial charge in [-0.3, -0.25) is 0 Å². The predicted molar refractivity (Wildman–Crippen MR) is 115 cm³/mol. The van der Waals surface area contributed by atoms with Gasteiger partial charge < -0.3 is 46.9 Å². The number of hydrogen-bond donors (Lipinski definition) is 3. The molecule has 0 aliphatic rings. The van der Waals surface area contributed by atoms with Crippen LogP contribution < -0.4 is 32.5 Å². The second-order valence-electron chi connectivity index (χ2n) is 5.12. The molecule has 0 aliphatic heterocycles. The molecule has 0 aliphatic carbocycles. The zero-order chi connectivity index (χ0) is 21.8. The van der Waals surface area contributed by atoms with Gasteiger partial charge in [0.15, 0.2) is 0 Å². The van der Waals surface area contributed by atoms with Gasteiger partial charge in [0.1, 0.15) is 0 Å². The summed E-state index contributed by atoms with van der Waals surface area (Å²) < 4.78 is 0. The maximum atomic E-state index is 9.96. The normalized spacial score (nSPS) is 12.2. The first kappa shape index (κ1) is 39.6. The van der Waals surface area contributed by atoms with E-state index in [-0.39, 0.29) is 29.8 Å². The standard InChI is InChI=1S/3C5H11NO2S.ClH.Cr/c3*1-9-3-2-4(6)5(7)8;;/h3*4H,2-3,6H2,1H3,(H,7,8);1H;/q;;;;+3/p-3/t3*4-;;/m000../s1. The number of hydrogen-bond acceptors (Lipinski definition) is 12. The van der Waals surface area contributed by atoms with Crippen LogP contribution in [0.25, 0.3) is 0 Å². The molecule has 3 atom stereocenters. The molecule has 0 bridgehead atoms. The number of carbonyl (C=O) groups is 3. The van der Waals surface area contributed by atoms with E-state index in [1.165, 1.54) is 0 Å². The summed E-state index contributed by atoms with van der Waals surface area (Å²) in [4.78, 5) is 29.9. The summed E-state index contributed by atoms with van der Waals surface area (Å²) in [6.45, 7) is 0. The smallest absolute Gasteiger partial charge is 0.548 e. The molecule has 0 aromatic rings. The fraction of sp³-hybridized carbons (Fsp3) is 0.800. The van der Waals surface area contributed by atoms with Gasteiger partial charge in [-0.05, 0) is 55.3 Å².